The number of benzene rings is 1. The van der Waals surface area contributed by atoms with Gasteiger partial charge in [0.05, 0.1) is 30.2 Å². The minimum absolute atomic E-state index is 0.0732. The van der Waals surface area contributed by atoms with E-state index < -0.39 is 0 Å². The lowest BCUT2D eigenvalue weighted by atomic mass is 10.1. The number of morpholine rings is 1. The van der Waals surface area contributed by atoms with Crippen LogP contribution in [0.2, 0.25) is 5.02 Å². The van der Waals surface area contributed by atoms with Gasteiger partial charge >= 0.3 is 0 Å². The molecule has 1 aromatic rings. The molecule has 1 aromatic carbocycles. The monoisotopic (exact) mass is 325 g/mol. The summed E-state index contributed by atoms with van der Waals surface area (Å²) in [6.07, 6.45) is 0.372. The normalized spacial score (nSPS) is 24.2. The van der Waals surface area contributed by atoms with Crippen LogP contribution in [0, 0.1) is 0 Å². The number of amides is 1. The predicted molar refractivity (Wildman–Crippen MR) is 82.7 cm³/mol. The van der Waals surface area contributed by atoms with Crippen LogP contribution < -0.4 is 9.47 Å². The van der Waals surface area contributed by atoms with Crippen LogP contribution in [0.25, 0.3) is 0 Å². The van der Waals surface area contributed by atoms with Crippen molar-refractivity contribution in [1.29, 1.82) is 0 Å². The zero-order valence-corrected chi connectivity index (χ0v) is 13.6. The van der Waals surface area contributed by atoms with Crippen LogP contribution in [0.15, 0.2) is 12.1 Å². The lowest BCUT2D eigenvalue weighted by Crippen LogP contribution is -2.50. The third-order valence-corrected chi connectivity index (χ3v) is 4.22. The molecule has 0 unspecified atom stereocenters. The maximum Gasteiger partial charge on any atom is 0.227 e. The summed E-state index contributed by atoms with van der Waals surface area (Å²) in [6, 6.07) is 3.71. The van der Waals surface area contributed by atoms with Crippen LogP contribution in [0.4, 0.5) is 0 Å². The molecule has 6 heteroatoms. The molecule has 2 aliphatic rings. The zero-order chi connectivity index (χ0) is 15.7. The van der Waals surface area contributed by atoms with Gasteiger partial charge in [-0.1, -0.05) is 11.6 Å². The van der Waals surface area contributed by atoms with Crippen molar-refractivity contribution in [2.24, 2.45) is 0 Å². The highest BCUT2D eigenvalue weighted by Crippen LogP contribution is 2.38. The molecule has 0 spiro atoms. The molecular formula is C16H20ClNO4. The largest absolute Gasteiger partial charge is 0.486 e. The standard InChI is InChI=1S/C16H20ClNO4/c1-10-9-22-11(2)8-18(10)15(19)7-12-5-13(17)16-14(6-12)20-3-4-21-16/h5-6,10-11H,3-4,7-9H2,1-2H3/t10-,11-/m1/s1. The van der Waals surface area contributed by atoms with Gasteiger partial charge in [-0.05, 0) is 31.5 Å². The lowest BCUT2D eigenvalue weighted by molar-refractivity contribution is -0.142. The van der Waals surface area contributed by atoms with Gasteiger partial charge in [-0.15, -0.1) is 0 Å². The Kier molecular flexibility index (Phi) is 4.45. The Labute approximate surface area is 135 Å². The minimum atomic E-state index is 0.0732. The summed E-state index contributed by atoms with van der Waals surface area (Å²) in [5.41, 5.74) is 0.839. The molecule has 1 saturated heterocycles. The Balaban J connectivity index is 1.75. The second-order valence-electron chi connectivity index (χ2n) is 5.82. The van der Waals surface area contributed by atoms with E-state index in [-0.39, 0.29) is 18.1 Å². The Hall–Kier alpha value is -1.46. The van der Waals surface area contributed by atoms with Crippen LogP contribution in [-0.2, 0) is 16.0 Å². The summed E-state index contributed by atoms with van der Waals surface area (Å²) in [5, 5.41) is 0.489. The molecule has 0 aromatic heterocycles. The first-order valence-corrected chi connectivity index (χ1v) is 7.91. The molecule has 22 heavy (non-hydrogen) atoms. The van der Waals surface area contributed by atoms with E-state index in [9.17, 15) is 4.79 Å². The van der Waals surface area contributed by atoms with Crippen molar-refractivity contribution in [1.82, 2.24) is 4.90 Å². The summed E-state index contributed by atoms with van der Waals surface area (Å²) in [4.78, 5) is 14.4. The van der Waals surface area contributed by atoms with Crippen molar-refractivity contribution >= 4 is 17.5 Å². The highest BCUT2D eigenvalue weighted by atomic mass is 35.5. The maximum atomic E-state index is 12.6. The van der Waals surface area contributed by atoms with Gasteiger partial charge < -0.3 is 19.1 Å². The number of carbonyl (C=O) groups excluding carboxylic acids is 1. The Morgan fingerprint density at radius 1 is 1.32 bits per heavy atom. The van der Waals surface area contributed by atoms with Crippen LogP contribution in [0.5, 0.6) is 11.5 Å². The Morgan fingerprint density at radius 3 is 2.91 bits per heavy atom. The van der Waals surface area contributed by atoms with Gasteiger partial charge in [0, 0.05) is 6.54 Å². The highest BCUT2D eigenvalue weighted by Gasteiger charge is 2.28. The summed E-state index contributed by atoms with van der Waals surface area (Å²) < 4.78 is 16.6. The molecule has 0 bridgehead atoms. The minimum Gasteiger partial charge on any atom is -0.486 e. The Morgan fingerprint density at radius 2 is 2.09 bits per heavy atom. The molecule has 2 atom stereocenters. The fourth-order valence-corrected chi connectivity index (χ4v) is 3.08. The van der Waals surface area contributed by atoms with Crippen molar-refractivity contribution in [2.45, 2.75) is 32.4 Å². The van der Waals surface area contributed by atoms with Gasteiger partial charge in [0.15, 0.2) is 11.5 Å². The van der Waals surface area contributed by atoms with E-state index in [1.54, 1.807) is 6.07 Å². The van der Waals surface area contributed by atoms with E-state index in [1.165, 1.54) is 0 Å². The van der Waals surface area contributed by atoms with E-state index in [2.05, 4.69) is 0 Å². The van der Waals surface area contributed by atoms with Gasteiger partial charge in [0.2, 0.25) is 5.91 Å². The van der Waals surface area contributed by atoms with Crippen molar-refractivity contribution in [3.63, 3.8) is 0 Å². The molecule has 120 valence electrons. The number of halogens is 1. The van der Waals surface area contributed by atoms with Crippen molar-refractivity contribution in [3.05, 3.63) is 22.7 Å². The molecule has 0 N–H and O–H groups in total. The summed E-state index contributed by atoms with van der Waals surface area (Å²) >= 11 is 6.22. The Bertz CT molecular complexity index is 578. The molecule has 0 aliphatic carbocycles. The first-order valence-electron chi connectivity index (χ1n) is 7.53. The molecule has 0 saturated carbocycles. The second-order valence-corrected chi connectivity index (χ2v) is 6.22. The summed E-state index contributed by atoms with van der Waals surface area (Å²) in [5.74, 6) is 1.26. The first-order chi connectivity index (χ1) is 10.5. The fraction of sp³-hybridized carbons (Fsp3) is 0.562. The molecule has 0 radical (unpaired) electrons. The number of hydrogen-bond acceptors (Lipinski definition) is 4. The van der Waals surface area contributed by atoms with E-state index in [1.807, 2.05) is 24.8 Å². The maximum absolute atomic E-state index is 12.6. The topological polar surface area (TPSA) is 48.0 Å². The molecular weight excluding hydrogens is 306 g/mol. The van der Waals surface area contributed by atoms with Crippen LogP contribution in [0.1, 0.15) is 19.4 Å². The molecule has 1 amide bonds. The van der Waals surface area contributed by atoms with Crippen molar-refractivity contribution in [3.8, 4) is 11.5 Å². The predicted octanol–water partition coefficient (Wildman–Crippen LogP) is 2.29. The van der Waals surface area contributed by atoms with Crippen LogP contribution in [-0.4, -0.2) is 49.3 Å². The number of rotatable bonds is 2. The van der Waals surface area contributed by atoms with Crippen LogP contribution in [0.3, 0.4) is 0 Å². The molecule has 3 rings (SSSR count). The van der Waals surface area contributed by atoms with Crippen LogP contribution >= 0.6 is 11.6 Å². The van der Waals surface area contributed by atoms with Gasteiger partial charge in [-0.3, -0.25) is 4.79 Å². The second kappa shape index (κ2) is 6.34. The van der Waals surface area contributed by atoms with Gasteiger partial charge in [0.1, 0.15) is 13.2 Å². The zero-order valence-electron chi connectivity index (χ0n) is 12.8. The van der Waals surface area contributed by atoms with E-state index >= 15 is 0 Å². The smallest absolute Gasteiger partial charge is 0.227 e. The molecule has 2 heterocycles. The number of fused-ring (bicyclic) bond motifs is 1. The van der Waals surface area contributed by atoms with E-state index in [0.717, 1.165) is 5.56 Å². The summed E-state index contributed by atoms with van der Waals surface area (Å²) in [7, 11) is 0. The lowest BCUT2D eigenvalue weighted by Gasteiger charge is -2.37. The van der Waals surface area contributed by atoms with Gasteiger partial charge in [-0.2, -0.15) is 0 Å². The quantitative estimate of drug-likeness (QED) is 0.837. The molecule has 2 aliphatic heterocycles. The average molecular weight is 326 g/mol. The number of ether oxygens (including phenoxy) is 3. The molecule has 5 nitrogen and oxygen atoms in total. The van der Waals surface area contributed by atoms with E-state index in [4.69, 9.17) is 25.8 Å². The van der Waals surface area contributed by atoms with E-state index in [0.29, 0.717) is 49.3 Å². The van der Waals surface area contributed by atoms with Gasteiger partial charge in [-0.25, -0.2) is 0 Å². The summed E-state index contributed by atoms with van der Waals surface area (Å²) in [6.45, 7) is 6.17. The fourth-order valence-electron chi connectivity index (χ4n) is 2.79. The highest BCUT2D eigenvalue weighted by molar-refractivity contribution is 6.32. The number of nitrogens with zero attached hydrogens (tertiary/aromatic N) is 1. The SMILES string of the molecule is C[C@@H]1CN(C(=O)Cc2cc(Cl)c3c(c2)OCCO3)[C@H](C)CO1. The third kappa shape index (κ3) is 3.15. The third-order valence-electron chi connectivity index (χ3n) is 3.94. The number of hydrogen-bond donors (Lipinski definition) is 0. The first kappa shape index (κ1) is 15.4. The molecule has 1 fully saturated rings. The van der Waals surface area contributed by atoms with Crippen molar-refractivity contribution < 1.29 is 19.0 Å². The van der Waals surface area contributed by atoms with Gasteiger partial charge in [0.25, 0.3) is 0 Å². The van der Waals surface area contributed by atoms with Crippen molar-refractivity contribution in [2.75, 3.05) is 26.4 Å². The number of carbonyl (C=O) groups is 1. The average Bonchev–Trinajstić information content (AvgIpc) is 2.49.